The van der Waals surface area contributed by atoms with E-state index in [4.69, 9.17) is 0 Å². The van der Waals surface area contributed by atoms with Gasteiger partial charge >= 0.3 is 0 Å². The molecule has 4 rings (SSSR count). The van der Waals surface area contributed by atoms with Crippen LogP contribution in [0.4, 0.5) is 0 Å². The Labute approximate surface area is 217 Å². The minimum absolute atomic E-state index is 0.146. The highest BCUT2D eigenvalue weighted by Crippen LogP contribution is 2.36. The quantitative estimate of drug-likeness (QED) is 0.302. The number of benzene rings is 2. The Morgan fingerprint density at radius 1 is 0.972 bits per heavy atom. The van der Waals surface area contributed by atoms with Crippen LogP contribution in [0.3, 0.4) is 0 Å². The Kier molecular flexibility index (Phi) is 10.1. The highest BCUT2D eigenvalue weighted by molar-refractivity contribution is 5.76. The van der Waals surface area contributed by atoms with E-state index in [0.29, 0.717) is 12.5 Å². The molecule has 36 heavy (non-hydrogen) atoms. The molecule has 3 aromatic rings. The van der Waals surface area contributed by atoms with Gasteiger partial charge in [-0.15, -0.1) is 0 Å². The van der Waals surface area contributed by atoms with Gasteiger partial charge in [0.1, 0.15) is 0 Å². The standard InChI is InChI=1S/C32H41N3O/c1-2-27(16-10-22-34-31(36)18-17-26-11-9-21-33-25-26)28-19-23-35(24-20-28)32(29-12-5-3-6-13-29)30-14-7-4-8-15-30/h3-9,11-15,21,25,27-28,32H,2,10,16-20,22-24H2,1H3,(H,34,36). The van der Waals surface area contributed by atoms with Crippen molar-refractivity contribution in [1.29, 1.82) is 0 Å². The van der Waals surface area contributed by atoms with Crippen LogP contribution in [-0.4, -0.2) is 35.4 Å². The molecule has 1 amide bonds. The summed E-state index contributed by atoms with van der Waals surface area (Å²) < 4.78 is 0. The number of carbonyl (C=O) groups is 1. The Hall–Kier alpha value is -2.98. The molecule has 0 saturated carbocycles. The van der Waals surface area contributed by atoms with E-state index in [1.807, 2.05) is 18.3 Å². The molecule has 0 spiro atoms. The Bertz CT molecular complexity index is 978. The number of carbonyl (C=O) groups excluding carboxylic acids is 1. The van der Waals surface area contributed by atoms with Crippen LogP contribution in [0.15, 0.2) is 85.2 Å². The van der Waals surface area contributed by atoms with Crippen molar-refractivity contribution in [3.63, 3.8) is 0 Å². The van der Waals surface area contributed by atoms with Gasteiger partial charge in [-0.3, -0.25) is 14.7 Å². The molecule has 1 fully saturated rings. The molecule has 1 N–H and O–H groups in total. The normalized spacial score (nSPS) is 15.6. The SMILES string of the molecule is CCC(CCCNC(=O)CCc1cccnc1)C1CCN(C(c2ccccc2)c2ccccc2)CC1. The van der Waals surface area contributed by atoms with Crippen molar-refractivity contribution >= 4 is 5.91 Å². The zero-order chi connectivity index (χ0) is 25.0. The smallest absolute Gasteiger partial charge is 0.220 e. The van der Waals surface area contributed by atoms with E-state index < -0.39 is 0 Å². The molecule has 190 valence electrons. The van der Waals surface area contributed by atoms with E-state index in [2.05, 4.69) is 82.8 Å². The van der Waals surface area contributed by atoms with E-state index in [9.17, 15) is 4.79 Å². The third-order valence-electron chi connectivity index (χ3n) is 7.80. The average molecular weight is 484 g/mol. The van der Waals surface area contributed by atoms with Crippen LogP contribution in [0.5, 0.6) is 0 Å². The van der Waals surface area contributed by atoms with E-state index in [0.717, 1.165) is 49.9 Å². The zero-order valence-corrected chi connectivity index (χ0v) is 21.7. The van der Waals surface area contributed by atoms with Crippen molar-refractivity contribution < 1.29 is 4.79 Å². The number of hydrogen-bond acceptors (Lipinski definition) is 3. The lowest BCUT2D eigenvalue weighted by Crippen LogP contribution is -2.39. The lowest BCUT2D eigenvalue weighted by atomic mass is 9.79. The van der Waals surface area contributed by atoms with Gasteiger partial charge in [0, 0.05) is 25.4 Å². The fourth-order valence-electron chi connectivity index (χ4n) is 5.79. The second kappa shape index (κ2) is 13.9. The Morgan fingerprint density at radius 3 is 2.22 bits per heavy atom. The number of nitrogens with one attached hydrogen (secondary N) is 1. The molecule has 2 aromatic carbocycles. The van der Waals surface area contributed by atoms with Crippen molar-refractivity contribution in [2.45, 2.75) is 57.9 Å². The summed E-state index contributed by atoms with van der Waals surface area (Å²) in [5.74, 6) is 1.67. The highest BCUT2D eigenvalue weighted by Gasteiger charge is 2.30. The molecule has 4 heteroatoms. The maximum atomic E-state index is 12.2. The third kappa shape index (κ3) is 7.51. The van der Waals surface area contributed by atoms with Gasteiger partial charge in [-0.1, -0.05) is 80.1 Å². The number of nitrogens with zero attached hydrogens (tertiary/aromatic N) is 2. The lowest BCUT2D eigenvalue weighted by Gasteiger charge is -2.40. The zero-order valence-electron chi connectivity index (χ0n) is 21.7. The predicted molar refractivity (Wildman–Crippen MR) is 148 cm³/mol. The van der Waals surface area contributed by atoms with Crippen LogP contribution in [-0.2, 0) is 11.2 Å². The van der Waals surface area contributed by atoms with Gasteiger partial charge in [-0.05, 0) is 79.8 Å². The number of amides is 1. The summed E-state index contributed by atoms with van der Waals surface area (Å²) in [6, 6.07) is 26.2. The van der Waals surface area contributed by atoms with Gasteiger partial charge in [-0.25, -0.2) is 0 Å². The van der Waals surface area contributed by atoms with E-state index >= 15 is 0 Å². The molecule has 1 unspecified atom stereocenters. The number of hydrogen-bond donors (Lipinski definition) is 1. The number of piperidine rings is 1. The predicted octanol–water partition coefficient (Wildman–Crippen LogP) is 6.44. The van der Waals surface area contributed by atoms with Gasteiger partial charge in [0.25, 0.3) is 0 Å². The van der Waals surface area contributed by atoms with Crippen LogP contribution in [0.2, 0.25) is 0 Å². The minimum Gasteiger partial charge on any atom is -0.356 e. The maximum absolute atomic E-state index is 12.2. The Morgan fingerprint density at radius 2 is 1.64 bits per heavy atom. The van der Waals surface area contributed by atoms with E-state index in [1.54, 1.807) is 6.20 Å². The molecule has 1 aliphatic heterocycles. The van der Waals surface area contributed by atoms with Gasteiger partial charge in [0.2, 0.25) is 5.91 Å². The largest absolute Gasteiger partial charge is 0.356 e. The van der Waals surface area contributed by atoms with Gasteiger partial charge in [0.05, 0.1) is 6.04 Å². The molecule has 0 radical (unpaired) electrons. The molecule has 1 atom stereocenters. The Balaban J connectivity index is 1.23. The first-order chi connectivity index (χ1) is 17.7. The number of rotatable bonds is 12. The second-order valence-corrected chi connectivity index (χ2v) is 10.1. The van der Waals surface area contributed by atoms with Gasteiger partial charge in [0.15, 0.2) is 0 Å². The molecule has 1 aromatic heterocycles. The molecule has 0 bridgehead atoms. The monoisotopic (exact) mass is 483 g/mol. The molecule has 4 nitrogen and oxygen atoms in total. The number of pyridine rings is 1. The van der Waals surface area contributed by atoms with Crippen LogP contribution < -0.4 is 5.32 Å². The summed E-state index contributed by atoms with van der Waals surface area (Å²) in [4.78, 5) is 19.0. The van der Waals surface area contributed by atoms with Crippen LogP contribution in [0.25, 0.3) is 0 Å². The van der Waals surface area contributed by atoms with Crippen molar-refractivity contribution in [3.05, 3.63) is 102 Å². The van der Waals surface area contributed by atoms with Crippen LogP contribution in [0.1, 0.15) is 68.2 Å². The molecular formula is C32H41N3O. The minimum atomic E-state index is 0.146. The molecule has 2 heterocycles. The highest BCUT2D eigenvalue weighted by atomic mass is 16.1. The average Bonchev–Trinajstić information content (AvgIpc) is 2.94. The summed E-state index contributed by atoms with van der Waals surface area (Å²) in [6.07, 6.45) is 10.9. The van der Waals surface area contributed by atoms with Crippen molar-refractivity contribution in [3.8, 4) is 0 Å². The maximum Gasteiger partial charge on any atom is 0.220 e. The molecule has 1 aliphatic rings. The van der Waals surface area contributed by atoms with Crippen LogP contribution in [0, 0.1) is 11.8 Å². The number of aryl methyl sites for hydroxylation is 1. The van der Waals surface area contributed by atoms with Gasteiger partial charge < -0.3 is 5.32 Å². The summed E-state index contributed by atoms with van der Waals surface area (Å²) in [5.41, 5.74) is 3.88. The number of aromatic nitrogens is 1. The summed E-state index contributed by atoms with van der Waals surface area (Å²) in [6.45, 7) is 5.40. The van der Waals surface area contributed by atoms with Crippen molar-refractivity contribution in [2.75, 3.05) is 19.6 Å². The first-order valence-corrected chi connectivity index (χ1v) is 13.7. The first-order valence-electron chi connectivity index (χ1n) is 13.7. The van der Waals surface area contributed by atoms with Gasteiger partial charge in [-0.2, -0.15) is 0 Å². The van der Waals surface area contributed by atoms with Crippen molar-refractivity contribution in [1.82, 2.24) is 15.2 Å². The topological polar surface area (TPSA) is 45.2 Å². The van der Waals surface area contributed by atoms with Crippen molar-refractivity contribution in [2.24, 2.45) is 11.8 Å². The summed E-state index contributed by atoms with van der Waals surface area (Å²) >= 11 is 0. The fourth-order valence-corrected chi connectivity index (χ4v) is 5.79. The van der Waals surface area contributed by atoms with E-state index in [1.165, 1.54) is 36.8 Å². The lowest BCUT2D eigenvalue weighted by molar-refractivity contribution is -0.121. The second-order valence-electron chi connectivity index (χ2n) is 10.1. The fraction of sp³-hybridized carbons (Fsp3) is 0.438. The third-order valence-corrected chi connectivity index (χ3v) is 7.80. The van der Waals surface area contributed by atoms with E-state index in [-0.39, 0.29) is 5.91 Å². The molecule has 1 saturated heterocycles. The molecule has 0 aliphatic carbocycles. The summed E-state index contributed by atoms with van der Waals surface area (Å²) in [7, 11) is 0. The summed E-state index contributed by atoms with van der Waals surface area (Å²) in [5, 5.41) is 3.13. The van der Waals surface area contributed by atoms with Crippen LogP contribution >= 0.6 is 0 Å². The first kappa shape index (κ1) is 26.1. The molecular weight excluding hydrogens is 442 g/mol. The number of likely N-dealkylation sites (tertiary alicyclic amines) is 1.